The molecular weight excluding hydrogens is 250 g/mol. The summed E-state index contributed by atoms with van der Waals surface area (Å²) in [5.41, 5.74) is 0. The van der Waals surface area contributed by atoms with Gasteiger partial charge in [-0.15, -0.1) is 0 Å². The molecule has 0 aromatic rings. The quantitative estimate of drug-likeness (QED) is 0.701. The number of piperidine rings is 1. The van der Waals surface area contributed by atoms with E-state index in [4.69, 9.17) is 0 Å². The zero-order valence-corrected chi connectivity index (χ0v) is 13.0. The van der Waals surface area contributed by atoms with E-state index in [1.165, 1.54) is 58.0 Å². The number of hydrogen-bond acceptors (Lipinski definition) is 3. The third-order valence-corrected chi connectivity index (χ3v) is 4.75. The summed E-state index contributed by atoms with van der Waals surface area (Å²) in [5, 5.41) is 6.39. The Bertz CT molecular complexity index is 289. The molecule has 1 amide bonds. The van der Waals surface area contributed by atoms with Crippen molar-refractivity contribution in [1.82, 2.24) is 15.5 Å². The SMILES string of the molecule is CC1CCCCN1CCCNCC(=O)NC1CCCC1. The molecule has 4 nitrogen and oxygen atoms in total. The molecule has 2 aliphatic rings. The lowest BCUT2D eigenvalue weighted by atomic mass is 10.0. The van der Waals surface area contributed by atoms with Crippen molar-refractivity contribution in [3.05, 3.63) is 0 Å². The molecule has 1 aliphatic heterocycles. The van der Waals surface area contributed by atoms with Gasteiger partial charge in [0.15, 0.2) is 0 Å². The van der Waals surface area contributed by atoms with Crippen molar-refractivity contribution in [3.63, 3.8) is 0 Å². The summed E-state index contributed by atoms with van der Waals surface area (Å²) < 4.78 is 0. The summed E-state index contributed by atoms with van der Waals surface area (Å²) in [6.45, 7) is 6.18. The number of amides is 1. The molecule has 0 radical (unpaired) electrons. The van der Waals surface area contributed by atoms with Crippen LogP contribution in [0.5, 0.6) is 0 Å². The maximum Gasteiger partial charge on any atom is 0.234 e. The zero-order valence-electron chi connectivity index (χ0n) is 13.0. The highest BCUT2D eigenvalue weighted by atomic mass is 16.1. The number of likely N-dealkylation sites (tertiary alicyclic amines) is 1. The van der Waals surface area contributed by atoms with Gasteiger partial charge in [-0.25, -0.2) is 0 Å². The molecule has 2 fully saturated rings. The lowest BCUT2D eigenvalue weighted by molar-refractivity contribution is -0.120. The van der Waals surface area contributed by atoms with Gasteiger partial charge in [-0.2, -0.15) is 0 Å². The highest BCUT2D eigenvalue weighted by Gasteiger charge is 2.18. The van der Waals surface area contributed by atoms with Gasteiger partial charge in [-0.1, -0.05) is 19.3 Å². The predicted octanol–water partition coefficient (Wildman–Crippen LogP) is 1.90. The van der Waals surface area contributed by atoms with Gasteiger partial charge in [0.05, 0.1) is 6.54 Å². The molecule has 1 saturated carbocycles. The Hall–Kier alpha value is -0.610. The van der Waals surface area contributed by atoms with Gasteiger partial charge < -0.3 is 15.5 Å². The van der Waals surface area contributed by atoms with Crippen molar-refractivity contribution < 1.29 is 4.79 Å². The lowest BCUT2D eigenvalue weighted by Gasteiger charge is -2.33. The second-order valence-electron chi connectivity index (χ2n) is 6.46. The molecule has 1 heterocycles. The first kappa shape index (κ1) is 15.8. The Morgan fingerprint density at radius 1 is 1.15 bits per heavy atom. The van der Waals surface area contributed by atoms with E-state index in [9.17, 15) is 4.79 Å². The number of rotatable bonds is 7. The van der Waals surface area contributed by atoms with Crippen molar-refractivity contribution in [1.29, 1.82) is 0 Å². The molecule has 1 aliphatic carbocycles. The van der Waals surface area contributed by atoms with Crippen LogP contribution in [0.3, 0.4) is 0 Å². The van der Waals surface area contributed by atoms with Gasteiger partial charge in [0.2, 0.25) is 5.91 Å². The fraction of sp³-hybridized carbons (Fsp3) is 0.938. The molecular formula is C16H31N3O. The topological polar surface area (TPSA) is 44.4 Å². The average Bonchev–Trinajstić information content (AvgIpc) is 2.93. The maximum absolute atomic E-state index is 11.7. The van der Waals surface area contributed by atoms with Gasteiger partial charge >= 0.3 is 0 Å². The van der Waals surface area contributed by atoms with Crippen molar-refractivity contribution >= 4 is 5.91 Å². The second-order valence-corrected chi connectivity index (χ2v) is 6.46. The average molecular weight is 281 g/mol. The number of nitrogens with zero attached hydrogens (tertiary/aromatic N) is 1. The fourth-order valence-corrected chi connectivity index (χ4v) is 3.45. The van der Waals surface area contributed by atoms with Gasteiger partial charge in [-0.3, -0.25) is 4.79 Å². The Morgan fingerprint density at radius 3 is 2.65 bits per heavy atom. The standard InChI is InChI=1S/C16H31N3O/c1-14-7-4-5-11-19(14)12-6-10-17-13-16(20)18-15-8-2-3-9-15/h14-15,17H,2-13H2,1H3,(H,18,20). The molecule has 4 heteroatoms. The first-order valence-electron chi connectivity index (χ1n) is 8.50. The molecule has 1 atom stereocenters. The van der Waals surface area contributed by atoms with Gasteiger partial charge in [0.1, 0.15) is 0 Å². The Morgan fingerprint density at radius 2 is 1.90 bits per heavy atom. The summed E-state index contributed by atoms with van der Waals surface area (Å²) in [6.07, 6.45) is 10.1. The molecule has 0 spiro atoms. The van der Waals surface area contributed by atoms with E-state index >= 15 is 0 Å². The molecule has 2 rings (SSSR count). The van der Waals surface area contributed by atoms with E-state index in [1.54, 1.807) is 0 Å². The van der Waals surface area contributed by atoms with Crippen LogP contribution in [-0.2, 0) is 4.79 Å². The smallest absolute Gasteiger partial charge is 0.234 e. The normalized spacial score (nSPS) is 24.9. The van der Waals surface area contributed by atoms with E-state index < -0.39 is 0 Å². The van der Waals surface area contributed by atoms with Crippen molar-refractivity contribution in [2.75, 3.05) is 26.2 Å². The summed E-state index contributed by atoms with van der Waals surface area (Å²) >= 11 is 0. The van der Waals surface area contributed by atoms with Crippen LogP contribution in [0.25, 0.3) is 0 Å². The number of carbonyl (C=O) groups is 1. The summed E-state index contributed by atoms with van der Waals surface area (Å²) in [7, 11) is 0. The predicted molar refractivity (Wildman–Crippen MR) is 82.8 cm³/mol. The minimum atomic E-state index is 0.170. The number of carbonyl (C=O) groups excluding carboxylic acids is 1. The van der Waals surface area contributed by atoms with Crippen LogP contribution in [-0.4, -0.2) is 49.1 Å². The van der Waals surface area contributed by atoms with E-state index in [-0.39, 0.29) is 5.91 Å². The summed E-state index contributed by atoms with van der Waals surface area (Å²) in [6, 6.07) is 1.19. The highest BCUT2D eigenvalue weighted by molar-refractivity contribution is 5.78. The molecule has 0 bridgehead atoms. The first-order chi connectivity index (χ1) is 9.75. The van der Waals surface area contributed by atoms with E-state index in [1.807, 2.05) is 0 Å². The van der Waals surface area contributed by atoms with Gasteiger partial charge in [0, 0.05) is 12.1 Å². The maximum atomic E-state index is 11.7. The molecule has 116 valence electrons. The largest absolute Gasteiger partial charge is 0.352 e. The number of hydrogen-bond donors (Lipinski definition) is 2. The fourth-order valence-electron chi connectivity index (χ4n) is 3.45. The van der Waals surface area contributed by atoms with E-state index in [0.29, 0.717) is 12.6 Å². The van der Waals surface area contributed by atoms with Crippen LogP contribution in [0.15, 0.2) is 0 Å². The Kier molecular flexibility index (Phi) is 6.80. The molecule has 1 saturated heterocycles. The van der Waals surface area contributed by atoms with E-state index in [0.717, 1.165) is 19.0 Å². The monoisotopic (exact) mass is 281 g/mol. The molecule has 2 N–H and O–H groups in total. The van der Waals surface area contributed by atoms with Crippen molar-refractivity contribution in [2.24, 2.45) is 0 Å². The molecule has 1 unspecified atom stereocenters. The van der Waals surface area contributed by atoms with Crippen LogP contribution in [0.1, 0.15) is 58.3 Å². The van der Waals surface area contributed by atoms with Crippen molar-refractivity contribution in [3.8, 4) is 0 Å². The van der Waals surface area contributed by atoms with Crippen LogP contribution in [0, 0.1) is 0 Å². The molecule has 0 aromatic carbocycles. The summed E-state index contributed by atoms with van der Waals surface area (Å²) in [4.78, 5) is 14.3. The lowest BCUT2D eigenvalue weighted by Crippen LogP contribution is -2.41. The van der Waals surface area contributed by atoms with Gasteiger partial charge in [-0.05, 0) is 58.7 Å². The minimum Gasteiger partial charge on any atom is -0.352 e. The summed E-state index contributed by atoms with van der Waals surface area (Å²) in [5.74, 6) is 0.170. The number of nitrogens with one attached hydrogen (secondary N) is 2. The highest BCUT2D eigenvalue weighted by Crippen LogP contribution is 2.17. The third kappa shape index (κ3) is 5.41. The molecule has 20 heavy (non-hydrogen) atoms. The first-order valence-corrected chi connectivity index (χ1v) is 8.50. The third-order valence-electron chi connectivity index (χ3n) is 4.75. The van der Waals surface area contributed by atoms with Crippen LogP contribution < -0.4 is 10.6 Å². The van der Waals surface area contributed by atoms with E-state index in [2.05, 4.69) is 22.5 Å². The Balaban J connectivity index is 1.47. The Labute approximate surface area is 123 Å². The zero-order chi connectivity index (χ0) is 14.2. The molecule has 0 aromatic heterocycles. The van der Waals surface area contributed by atoms with Crippen LogP contribution >= 0.6 is 0 Å². The minimum absolute atomic E-state index is 0.170. The van der Waals surface area contributed by atoms with Crippen molar-refractivity contribution in [2.45, 2.75) is 70.4 Å². The van der Waals surface area contributed by atoms with Crippen LogP contribution in [0.4, 0.5) is 0 Å². The second kappa shape index (κ2) is 8.63. The van der Waals surface area contributed by atoms with Crippen LogP contribution in [0.2, 0.25) is 0 Å². The van der Waals surface area contributed by atoms with Gasteiger partial charge in [0.25, 0.3) is 0 Å².